The highest BCUT2D eigenvalue weighted by Gasteiger charge is 2.20. The zero-order chi connectivity index (χ0) is 17.7. The number of carbonyl (C=O) groups is 3. The van der Waals surface area contributed by atoms with Gasteiger partial charge in [-0.1, -0.05) is 13.8 Å². The van der Waals surface area contributed by atoms with Crippen molar-refractivity contribution in [1.82, 2.24) is 5.32 Å². The summed E-state index contributed by atoms with van der Waals surface area (Å²) >= 11 is 0. The molecule has 0 bridgehead atoms. The van der Waals surface area contributed by atoms with Gasteiger partial charge in [0.1, 0.15) is 12.1 Å². The van der Waals surface area contributed by atoms with E-state index in [4.69, 9.17) is 21.1 Å². The van der Waals surface area contributed by atoms with Gasteiger partial charge in [0.2, 0.25) is 0 Å². The molecule has 0 radical (unpaired) electrons. The average Bonchev–Trinajstić information content (AvgIpc) is 2.93. The summed E-state index contributed by atoms with van der Waals surface area (Å²) in [5.74, 6) is -2.24. The highest BCUT2D eigenvalue weighted by atomic mass is 16.4. The number of hydrogen-bond donors (Lipinski definition) is 6. The van der Waals surface area contributed by atoms with Crippen LogP contribution in [0.1, 0.15) is 33.1 Å². The van der Waals surface area contributed by atoms with E-state index >= 15 is 0 Å². The summed E-state index contributed by atoms with van der Waals surface area (Å²) in [5.41, 5.74) is 9.79. The van der Waals surface area contributed by atoms with Gasteiger partial charge in [-0.25, -0.2) is 0 Å². The van der Waals surface area contributed by atoms with Crippen LogP contribution in [0.15, 0.2) is 0 Å². The summed E-state index contributed by atoms with van der Waals surface area (Å²) in [6.07, 6.45) is 2.33. The molecular formula is C13H27N3O6. The van der Waals surface area contributed by atoms with Crippen LogP contribution in [0, 0.1) is 5.92 Å². The SMILES string of the molecule is CC(C)C[C@H](N)C(=O)O.NCC(=O)O.O=C(O)[C@@H]1CCCN1. The molecule has 1 rings (SSSR count). The van der Waals surface area contributed by atoms with Gasteiger partial charge in [0.05, 0.1) is 6.54 Å². The van der Waals surface area contributed by atoms with E-state index in [-0.39, 0.29) is 12.6 Å². The van der Waals surface area contributed by atoms with E-state index in [9.17, 15) is 14.4 Å². The minimum Gasteiger partial charge on any atom is -0.480 e. The van der Waals surface area contributed by atoms with E-state index in [0.29, 0.717) is 12.3 Å². The molecule has 0 unspecified atom stereocenters. The topological polar surface area (TPSA) is 176 Å². The van der Waals surface area contributed by atoms with E-state index in [1.807, 2.05) is 13.8 Å². The zero-order valence-electron chi connectivity index (χ0n) is 13.0. The van der Waals surface area contributed by atoms with Crippen molar-refractivity contribution in [3.8, 4) is 0 Å². The molecule has 0 aromatic rings. The molecule has 0 aromatic heterocycles. The number of hydrogen-bond acceptors (Lipinski definition) is 6. The molecule has 0 aliphatic carbocycles. The Hall–Kier alpha value is -1.71. The van der Waals surface area contributed by atoms with Gasteiger partial charge in [0.25, 0.3) is 0 Å². The van der Waals surface area contributed by atoms with E-state index in [1.54, 1.807) is 0 Å². The minimum absolute atomic E-state index is 0.269. The van der Waals surface area contributed by atoms with Crippen molar-refractivity contribution in [2.75, 3.05) is 13.1 Å². The molecule has 9 nitrogen and oxygen atoms in total. The van der Waals surface area contributed by atoms with E-state index in [1.165, 1.54) is 0 Å². The van der Waals surface area contributed by atoms with Gasteiger partial charge in [-0.2, -0.15) is 0 Å². The lowest BCUT2D eigenvalue weighted by atomic mass is 10.1. The Morgan fingerprint density at radius 1 is 1.23 bits per heavy atom. The zero-order valence-corrected chi connectivity index (χ0v) is 13.0. The van der Waals surface area contributed by atoms with Gasteiger partial charge in [-0.15, -0.1) is 0 Å². The molecule has 9 heteroatoms. The second kappa shape index (κ2) is 13.0. The van der Waals surface area contributed by atoms with Crippen molar-refractivity contribution in [3.63, 3.8) is 0 Å². The minimum atomic E-state index is -0.968. The Bertz CT molecular complexity index is 343. The molecule has 0 saturated carbocycles. The predicted molar refractivity (Wildman–Crippen MR) is 80.4 cm³/mol. The highest BCUT2D eigenvalue weighted by Crippen LogP contribution is 2.03. The second-order valence-electron chi connectivity index (χ2n) is 5.16. The third kappa shape index (κ3) is 14.7. The van der Waals surface area contributed by atoms with Crippen LogP contribution in [-0.2, 0) is 14.4 Å². The summed E-state index contributed by atoms with van der Waals surface area (Å²) in [6.45, 7) is 4.47. The number of rotatable bonds is 5. The normalized spacial score (nSPS) is 17.6. The smallest absolute Gasteiger partial charge is 0.320 e. The maximum atomic E-state index is 10.1. The first-order chi connectivity index (χ1) is 10.1. The van der Waals surface area contributed by atoms with Crippen LogP contribution in [0.5, 0.6) is 0 Å². The average molecular weight is 321 g/mol. The molecule has 1 fully saturated rings. The van der Waals surface area contributed by atoms with Gasteiger partial charge < -0.3 is 32.1 Å². The quantitative estimate of drug-likeness (QED) is 0.382. The van der Waals surface area contributed by atoms with Crippen LogP contribution in [-0.4, -0.2) is 58.4 Å². The number of carboxylic acids is 3. The summed E-state index contributed by atoms with van der Waals surface area (Å²) in [6, 6.07) is -0.958. The standard InChI is InChI=1S/C6H13NO2.C5H9NO2.C2H5NO2/c1-4(2)3-5(7)6(8)9;7-5(8)4-2-1-3-6-4;3-1-2(4)5/h4-5H,3,7H2,1-2H3,(H,8,9);4,6H,1-3H2,(H,7,8);1,3H2,(H,4,5)/t5-;4-;/m00./s1. The molecule has 2 atom stereocenters. The van der Waals surface area contributed by atoms with Gasteiger partial charge in [0, 0.05) is 0 Å². The first-order valence-corrected chi connectivity index (χ1v) is 6.98. The molecule has 8 N–H and O–H groups in total. The van der Waals surface area contributed by atoms with Crippen LogP contribution in [0.3, 0.4) is 0 Å². The van der Waals surface area contributed by atoms with Crippen LogP contribution in [0.2, 0.25) is 0 Å². The number of aliphatic carboxylic acids is 3. The summed E-state index contributed by atoms with van der Waals surface area (Å²) in [5, 5.41) is 27.1. The third-order valence-corrected chi connectivity index (χ3v) is 2.58. The fourth-order valence-corrected chi connectivity index (χ4v) is 1.50. The Labute approximate surface area is 129 Å². The van der Waals surface area contributed by atoms with Crippen LogP contribution >= 0.6 is 0 Å². The Morgan fingerprint density at radius 3 is 1.86 bits per heavy atom. The first kappa shape index (κ1) is 22.6. The van der Waals surface area contributed by atoms with Gasteiger partial charge in [-0.3, -0.25) is 14.4 Å². The predicted octanol–water partition coefficient (Wildman–Crippen LogP) is -0.703. The van der Waals surface area contributed by atoms with Crippen molar-refractivity contribution in [3.05, 3.63) is 0 Å². The molecule has 1 aliphatic heterocycles. The molecule has 0 aromatic carbocycles. The Kier molecular flexibility index (Phi) is 13.3. The Morgan fingerprint density at radius 2 is 1.73 bits per heavy atom. The molecule has 0 amide bonds. The molecular weight excluding hydrogens is 294 g/mol. The lowest BCUT2D eigenvalue weighted by Gasteiger charge is -2.07. The van der Waals surface area contributed by atoms with Crippen LogP contribution in [0.4, 0.5) is 0 Å². The monoisotopic (exact) mass is 321 g/mol. The molecule has 1 heterocycles. The lowest BCUT2D eigenvalue weighted by molar-refractivity contribution is -0.139. The number of carboxylic acid groups (broad SMARTS) is 3. The van der Waals surface area contributed by atoms with E-state index in [2.05, 4.69) is 11.1 Å². The van der Waals surface area contributed by atoms with Gasteiger partial charge in [0.15, 0.2) is 0 Å². The first-order valence-electron chi connectivity index (χ1n) is 6.98. The van der Waals surface area contributed by atoms with Gasteiger partial charge in [-0.05, 0) is 31.7 Å². The summed E-state index contributed by atoms with van der Waals surface area (Å²) in [4.78, 5) is 29.5. The van der Waals surface area contributed by atoms with Crippen LogP contribution in [0.25, 0.3) is 0 Å². The summed E-state index contributed by atoms with van der Waals surface area (Å²) < 4.78 is 0. The second-order valence-corrected chi connectivity index (χ2v) is 5.16. The fourth-order valence-electron chi connectivity index (χ4n) is 1.50. The lowest BCUT2D eigenvalue weighted by Crippen LogP contribution is -2.31. The maximum absolute atomic E-state index is 10.1. The molecule has 0 spiro atoms. The largest absolute Gasteiger partial charge is 0.480 e. The van der Waals surface area contributed by atoms with Crippen molar-refractivity contribution in [2.45, 2.75) is 45.2 Å². The maximum Gasteiger partial charge on any atom is 0.320 e. The van der Waals surface area contributed by atoms with Crippen molar-refractivity contribution in [1.29, 1.82) is 0 Å². The number of nitrogens with two attached hydrogens (primary N) is 2. The molecule has 1 aliphatic rings. The van der Waals surface area contributed by atoms with Crippen molar-refractivity contribution < 1.29 is 29.7 Å². The Balaban J connectivity index is 0. The van der Waals surface area contributed by atoms with Crippen molar-refractivity contribution in [2.24, 2.45) is 17.4 Å². The number of nitrogens with one attached hydrogen (secondary N) is 1. The van der Waals surface area contributed by atoms with Gasteiger partial charge >= 0.3 is 17.9 Å². The highest BCUT2D eigenvalue weighted by molar-refractivity contribution is 5.73. The third-order valence-electron chi connectivity index (χ3n) is 2.58. The molecule has 130 valence electrons. The van der Waals surface area contributed by atoms with Crippen LogP contribution < -0.4 is 16.8 Å². The van der Waals surface area contributed by atoms with E-state index < -0.39 is 23.9 Å². The van der Waals surface area contributed by atoms with Crippen molar-refractivity contribution >= 4 is 17.9 Å². The molecule has 1 saturated heterocycles. The fraction of sp³-hybridized carbons (Fsp3) is 0.769. The summed E-state index contributed by atoms with van der Waals surface area (Å²) in [7, 11) is 0. The van der Waals surface area contributed by atoms with E-state index in [0.717, 1.165) is 19.4 Å². The molecule has 22 heavy (non-hydrogen) atoms.